The van der Waals surface area contributed by atoms with Crippen LogP contribution in [0, 0.1) is 0 Å². The zero-order valence-electron chi connectivity index (χ0n) is 41.9. The number of aryl methyl sites for hydroxylation is 1. The van der Waals surface area contributed by atoms with E-state index in [0.29, 0.717) is 61.1 Å². The Morgan fingerprint density at radius 3 is 2.41 bits per heavy atom. The monoisotopic (exact) mass is 966 g/mol. The average Bonchev–Trinajstić information content (AvgIpc) is 3.70. The summed E-state index contributed by atoms with van der Waals surface area (Å²) in [5.41, 5.74) is 1.94. The largest absolute Gasteiger partial charge is 0.860 e. The van der Waals surface area contributed by atoms with Gasteiger partial charge in [0.05, 0.1) is 22.2 Å². The Kier molecular flexibility index (Phi) is 17.5. The summed E-state index contributed by atoms with van der Waals surface area (Å²) in [7, 11) is 1.83. The molecule has 17 heteroatoms. The number of cyclic esters (lactones) is 1. The van der Waals surface area contributed by atoms with Crippen LogP contribution in [0.15, 0.2) is 65.6 Å². The number of nitrogens with one attached hydrogen (secondary N) is 4. The van der Waals surface area contributed by atoms with Crippen molar-refractivity contribution in [1.29, 1.82) is 0 Å². The molecule has 70 heavy (non-hydrogen) atoms. The van der Waals surface area contributed by atoms with E-state index in [1.54, 1.807) is 42.2 Å². The van der Waals surface area contributed by atoms with Crippen molar-refractivity contribution >= 4 is 58.7 Å². The number of unbranched alkanes of at least 4 members (excludes halogenated alkanes) is 1. The summed E-state index contributed by atoms with van der Waals surface area (Å²) >= 11 is 0. The molecule has 378 valence electrons. The first-order valence-corrected chi connectivity index (χ1v) is 24.3. The number of esters is 1. The van der Waals surface area contributed by atoms with Crippen molar-refractivity contribution in [3.63, 3.8) is 0 Å². The molecule has 6 rings (SSSR count). The summed E-state index contributed by atoms with van der Waals surface area (Å²) in [6.45, 7) is 18.1. The maximum Gasteiger partial charge on any atom is 0.510 e. The highest BCUT2D eigenvalue weighted by molar-refractivity contribution is 5.97. The van der Waals surface area contributed by atoms with Crippen molar-refractivity contribution in [2.24, 2.45) is 0 Å². The van der Waals surface area contributed by atoms with Gasteiger partial charge in [-0.05, 0) is 138 Å². The van der Waals surface area contributed by atoms with E-state index < -0.39 is 47.7 Å². The molecular weight excluding hydrogens is 897 g/mol. The van der Waals surface area contributed by atoms with E-state index in [4.69, 9.17) is 28.7 Å². The predicted octanol–water partition coefficient (Wildman–Crippen LogP) is 4.41. The van der Waals surface area contributed by atoms with Gasteiger partial charge in [0.25, 0.3) is 0 Å². The maximum absolute atomic E-state index is 14.1. The lowest BCUT2D eigenvalue weighted by molar-refractivity contribution is -0.330. The number of ether oxygens (including phenoxy) is 5. The first-order valence-electron chi connectivity index (χ1n) is 24.3. The minimum Gasteiger partial charge on any atom is -0.860 e. The molecule has 0 saturated carbocycles. The lowest BCUT2D eigenvalue weighted by Crippen LogP contribution is -2.52. The van der Waals surface area contributed by atoms with Crippen molar-refractivity contribution in [2.75, 3.05) is 45.3 Å². The summed E-state index contributed by atoms with van der Waals surface area (Å²) < 4.78 is 28.4. The Balaban J connectivity index is 1.05. The van der Waals surface area contributed by atoms with Crippen molar-refractivity contribution in [3.05, 3.63) is 92.8 Å². The number of benzene rings is 2. The van der Waals surface area contributed by atoms with Crippen molar-refractivity contribution in [3.8, 4) is 0 Å². The molecular formula is C53H69N6O11-. The molecule has 4 heterocycles. The van der Waals surface area contributed by atoms with E-state index in [1.165, 1.54) is 0 Å². The van der Waals surface area contributed by atoms with E-state index in [9.17, 15) is 29.1 Å². The SMILES string of the molecule is C=c1ccc2nc3c(c(CC)c2c1)CN1C([O-])=C2COC(=O)C(CC)(OC(=O)OCc4ccc(NC(=O)C(CCCCNC)NC(=O)COCC(=O)NC(C)(C)CCOC(C)(CC)CC)cc4)C2=CC=31. The molecule has 3 aromatic rings. The van der Waals surface area contributed by atoms with Gasteiger partial charge in [0.2, 0.25) is 23.3 Å². The number of carbonyl (C=O) groups is 5. The number of nitrogens with zero attached hydrogens (tertiary/aromatic N) is 2. The Morgan fingerprint density at radius 2 is 1.73 bits per heavy atom. The number of hydrogen-bond donors (Lipinski definition) is 4. The van der Waals surface area contributed by atoms with Gasteiger partial charge < -0.3 is 55.0 Å². The number of carbonyl (C=O) groups excluding carboxylic acids is 5. The molecule has 1 aromatic heterocycles. The van der Waals surface area contributed by atoms with Crippen LogP contribution >= 0.6 is 0 Å². The third-order valence-electron chi connectivity index (χ3n) is 13.5. The maximum atomic E-state index is 14.1. The molecule has 3 aliphatic rings. The smallest absolute Gasteiger partial charge is 0.510 e. The Labute approximate surface area is 410 Å². The molecule has 0 radical (unpaired) electrons. The fourth-order valence-corrected chi connectivity index (χ4v) is 8.87. The van der Waals surface area contributed by atoms with Crippen LogP contribution in [0.5, 0.6) is 0 Å². The van der Waals surface area contributed by atoms with Crippen LogP contribution in [0.25, 0.3) is 23.2 Å². The molecule has 2 aromatic carbocycles. The fraction of sp³-hybridized carbons (Fsp3) is 0.509. The van der Waals surface area contributed by atoms with E-state index >= 15 is 0 Å². The number of rotatable bonds is 24. The topological polar surface area (TPSA) is 219 Å². The van der Waals surface area contributed by atoms with Gasteiger partial charge in [-0.1, -0.05) is 52.5 Å². The third-order valence-corrected chi connectivity index (χ3v) is 13.5. The average molecular weight is 966 g/mol. The number of amides is 3. The molecule has 0 spiro atoms. The van der Waals surface area contributed by atoms with Gasteiger partial charge in [-0.25, -0.2) is 14.6 Å². The van der Waals surface area contributed by atoms with Crippen molar-refractivity contribution in [1.82, 2.24) is 25.8 Å². The normalized spacial score (nSPS) is 17.0. The fourth-order valence-electron chi connectivity index (χ4n) is 8.87. The molecule has 1 saturated heterocycles. The van der Waals surface area contributed by atoms with Crippen LogP contribution in [0.3, 0.4) is 0 Å². The third kappa shape index (κ3) is 12.3. The van der Waals surface area contributed by atoms with Crippen LogP contribution in [0.2, 0.25) is 0 Å². The molecule has 2 unspecified atom stereocenters. The Bertz CT molecular complexity index is 2620. The molecule has 1 fully saturated rings. The van der Waals surface area contributed by atoms with Crippen LogP contribution in [-0.4, -0.2) is 103 Å². The highest BCUT2D eigenvalue weighted by Gasteiger charge is 2.53. The molecule has 4 N–H and O–H groups in total. The zero-order chi connectivity index (χ0) is 50.8. The van der Waals surface area contributed by atoms with Crippen LogP contribution in [0.4, 0.5) is 10.5 Å². The van der Waals surface area contributed by atoms with Gasteiger partial charge in [0.15, 0.2) is 0 Å². The molecule has 0 bridgehead atoms. The van der Waals surface area contributed by atoms with E-state index in [-0.39, 0.29) is 54.8 Å². The number of aromatic nitrogens is 1. The quantitative estimate of drug-likeness (QED) is 0.0723. The highest BCUT2D eigenvalue weighted by Crippen LogP contribution is 2.44. The highest BCUT2D eigenvalue weighted by atomic mass is 16.7. The summed E-state index contributed by atoms with van der Waals surface area (Å²) in [6, 6.07) is 11.4. The second kappa shape index (κ2) is 23.1. The zero-order valence-corrected chi connectivity index (χ0v) is 41.9. The van der Waals surface area contributed by atoms with Gasteiger partial charge >= 0.3 is 12.1 Å². The first kappa shape index (κ1) is 53.1. The van der Waals surface area contributed by atoms with Gasteiger partial charge in [-0.2, -0.15) is 0 Å². The standard InChI is InChI=1S/C53H70N6O11/c1-10-36-37-26-33(5)17-22-41(37)57-46-38(36)28-59-43(46)27-40-39(48(59)63)30-67-49(64)53(40,13-4)70-50(65)68-29-34-18-20-35(21-19-34)55-47(62)42(16-14-15-24-54-9)56-44(60)31-66-32-45(61)58-51(6,7)23-25-69-52(8,11-2)12-3/h17-22,26-27,42,54,63H,5,10-16,23-25,28-32H2,1-4,6-9H3,(H,55,62)(H,56,60)(H,58,61)/p-1. The predicted molar refractivity (Wildman–Crippen MR) is 263 cm³/mol. The molecule has 3 aliphatic heterocycles. The van der Waals surface area contributed by atoms with Gasteiger partial charge in [0.1, 0.15) is 32.5 Å². The van der Waals surface area contributed by atoms with E-state index in [0.717, 1.165) is 53.1 Å². The van der Waals surface area contributed by atoms with Crippen molar-refractivity contribution in [2.45, 2.75) is 136 Å². The number of pyridine rings is 1. The Morgan fingerprint density at radius 1 is 1.00 bits per heavy atom. The van der Waals surface area contributed by atoms with Crippen LogP contribution in [-0.2, 0) is 62.4 Å². The lowest BCUT2D eigenvalue weighted by Gasteiger charge is -2.43. The molecule has 0 aliphatic carbocycles. The molecule has 17 nitrogen and oxygen atoms in total. The lowest BCUT2D eigenvalue weighted by atomic mass is 9.81. The van der Waals surface area contributed by atoms with E-state index in [1.807, 2.05) is 39.1 Å². The van der Waals surface area contributed by atoms with Crippen molar-refractivity contribution < 1.29 is 52.8 Å². The van der Waals surface area contributed by atoms with Gasteiger partial charge in [-0.15, -0.1) is 0 Å². The molecule has 3 amide bonds. The minimum atomic E-state index is -1.96. The van der Waals surface area contributed by atoms with E-state index in [2.05, 4.69) is 55.5 Å². The van der Waals surface area contributed by atoms with Crippen LogP contribution < -0.4 is 36.9 Å². The Hall–Kier alpha value is -6.30. The second-order valence-corrected chi connectivity index (χ2v) is 18.9. The minimum absolute atomic E-state index is 0.0376. The summed E-state index contributed by atoms with van der Waals surface area (Å²) in [6.07, 6.45) is 5.37. The first-order chi connectivity index (χ1) is 33.4. The van der Waals surface area contributed by atoms with Gasteiger partial charge in [0, 0.05) is 46.5 Å². The summed E-state index contributed by atoms with van der Waals surface area (Å²) in [4.78, 5) is 72.8. The summed E-state index contributed by atoms with van der Waals surface area (Å²) in [5, 5.41) is 28.2. The number of fused-ring (bicyclic) bond motifs is 4. The number of hydrogen-bond acceptors (Lipinski definition) is 14. The van der Waals surface area contributed by atoms with Crippen LogP contribution in [0.1, 0.15) is 110 Å². The molecule has 2 atom stereocenters. The van der Waals surface area contributed by atoms with Gasteiger partial charge in [-0.3, -0.25) is 14.4 Å². The number of anilines is 1. The second-order valence-electron chi connectivity index (χ2n) is 18.9. The summed E-state index contributed by atoms with van der Waals surface area (Å²) in [5.74, 6) is -2.55.